The molecule has 0 aliphatic rings. The van der Waals surface area contributed by atoms with Crippen molar-refractivity contribution in [1.29, 1.82) is 0 Å². The Labute approximate surface area is 218 Å². The van der Waals surface area contributed by atoms with Crippen LogP contribution in [-0.4, -0.2) is 20.1 Å². The Morgan fingerprint density at radius 1 is 0.694 bits per heavy atom. The normalized spacial score (nSPS) is 11.9. The molecule has 0 saturated heterocycles. The number of phenolic OH excluding ortho intramolecular Hbond substituents is 1. The number of benzene rings is 2. The monoisotopic (exact) mass is 489 g/mol. The van der Waals surface area contributed by atoms with Crippen LogP contribution >= 0.6 is 0 Å². The number of aromatic amines is 2. The molecule has 4 heteroatoms. The molecule has 0 fully saturated rings. The number of hydrogen-bond acceptors (Lipinski definition) is 2. The summed E-state index contributed by atoms with van der Waals surface area (Å²) in [7, 11) is 0. The molecule has 2 heterocycles. The van der Waals surface area contributed by atoms with E-state index in [1.54, 1.807) is 18.5 Å². The van der Waals surface area contributed by atoms with E-state index < -0.39 is 0 Å². The van der Waals surface area contributed by atoms with E-state index in [1.165, 1.54) is 27.7 Å². The third kappa shape index (κ3) is 11.6. The second-order valence-electron chi connectivity index (χ2n) is 13.3. The molecular weight excluding hydrogens is 442 g/mol. The van der Waals surface area contributed by atoms with Gasteiger partial charge in [0.05, 0.1) is 6.33 Å². The van der Waals surface area contributed by atoms with E-state index in [4.69, 9.17) is 5.11 Å². The summed E-state index contributed by atoms with van der Waals surface area (Å²) in [6, 6.07) is 15.9. The number of imidazole rings is 1. The summed E-state index contributed by atoms with van der Waals surface area (Å²) in [4.78, 5) is 10.3. The number of nitrogens with zero attached hydrogens (tertiary/aromatic N) is 1. The van der Waals surface area contributed by atoms with Gasteiger partial charge < -0.3 is 15.1 Å². The zero-order valence-electron chi connectivity index (χ0n) is 23.9. The average Bonchev–Trinajstić information content (AvgIpc) is 3.38. The minimum atomic E-state index is 0.316. The Bertz CT molecular complexity index is 1150. The summed E-state index contributed by atoms with van der Waals surface area (Å²) >= 11 is 0. The number of aromatic nitrogens is 3. The van der Waals surface area contributed by atoms with Crippen molar-refractivity contribution >= 4 is 10.9 Å². The number of nitrogens with one attached hydrogen (secondary N) is 2. The summed E-state index contributed by atoms with van der Waals surface area (Å²) in [6.07, 6.45) is 8.97. The Hall–Kier alpha value is -3.01. The van der Waals surface area contributed by atoms with E-state index in [0.717, 1.165) is 19.3 Å². The minimum absolute atomic E-state index is 0.316. The van der Waals surface area contributed by atoms with Crippen LogP contribution in [0.2, 0.25) is 0 Å². The highest BCUT2D eigenvalue weighted by atomic mass is 16.3. The summed E-state index contributed by atoms with van der Waals surface area (Å²) in [5, 5.41) is 10.4. The zero-order chi connectivity index (χ0) is 27.0. The molecule has 4 rings (SSSR count). The SMILES string of the molecule is CC(C)(C)Cc1c[nH]c2ccccc12.CC(C)(C)Cc1ccc(O)cc1.CC(C)(C)Cc1cnc[nH]1. The molecule has 0 aliphatic heterocycles. The van der Waals surface area contributed by atoms with E-state index in [1.807, 2.05) is 18.3 Å². The molecule has 0 amide bonds. The molecule has 36 heavy (non-hydrogen) atoms. The van der Waals surface area contributed by atoms with Gasteiger partial charge in [0.25, 0.3) is 0 Å². The van der Waals surface area contributed by atoms with Gasteiger partial charge >= 0.3 is 0 Å². The Kier molecular flexibility index (Phi) is 9.98. The van der Waals surface area contributed by atoms with E-state index in [2.05, 4.69) is 108 Å². The van der Waals surface area contributed by atoms with Crippen molar-refractivity contribution in [1.82, 2.24) is 15.0 Å². The van der Waals surface area contributed by atoms with Crippen LogP contribution in [0.25, 0.3) is 10.9 Å². The number of para-hydroxylation sites is 1. The average molecular weight is 490 g/mol. The van der Waals surface area contributed by atoms with Crippen LogP contribution in [0.15, 0.2) is 67.3 Å². The van der Waals surface area contributed by atoms with Crippen molar-refractivity contribution in [2.24, 2.45) is 16.2 Å². The number of aromatic hydroxyl groups is 1. The first-order valence-corrected chi connectivity index (χ1v) is 12.9. The Morgan fingerprint density at radius 2 is 1.28 bits per heavy atom. The van der Waals surface area contributed by atoms with Gasteiger partial charge in [0.2, 0.25) is 0 Å². The maximum Gasteiger partial charge on any atom is 0.115 e. The van der Waals surface area contributed by atoms with Crippen LogP contribution in [0.4, 0.5) is 0 Å². The van der Waals surface area contributed by atoms with Crippen molar-refractivity contribution in [3.05, 3.63) is 84.1 Å². The third-order valence-corrected chi connectivity index (χ3v) is 5.34. The van der Waals surface area contributed by atoms with Crippen molar-refractivity contribution < 1.29 is 5.11 Å². The van der Waals surface area contributed by atoms with E-state index in [9.17, 15) is 0 Å². The van der Waals surface area contributed by atoms with Gasteiger partial charge in [0.15, 0.2) is 0 Å². The number of rotatable bonds is 3. The lowest BCUT2D eigenvalue weighted by Crippen LogP contribution is -2.09. The molecular formula is C32H47N3O. The lowest BCUT2D eigenvalue weighted by Gasteiger charge is -2.17. The smallest absolute Gasteiger partial charge is 0.115 e. The zero-order valence-corrected chi connectivity index (χ0v) is 23.9. The molecule has 0 saturated carbocycles. The topological polar surface area (TPSA) is 64.7 Å². The van der Waals surface area contributed by atoms with Gasteiger partial charge in [-0.2, -0.15) is 0 Å². The van der Waals surface area contributed by atoms with Gasteiger partial charge in [0.1, 0.15) is 5.75 Å². The van der Waals surface area contributed by atoms with Gasteiger partial charge in [-0.3, -0.25) is 0 Å². The van der Waals surface area contributed by atoms with Gasteiger partial charge in [-0.05, 0) is 64.8 Å². The fourth-order valence-electron chi connectivity index (χ4n) is 4.03. The minimum Gasteiger partial charge on any atom is -0.508 e. The number of phenols is 1. The lowest BCUT2D eigenvalue weighted by atomic mass is 9.88. The maximum atomic E-state index is 9.05. The van der Waals surface area contributed by atoms with Crippen LogP contribution < -0.4 is 0 Å². The Morgan fingerprint density at radius 3 is 1.81 bits per heavy atom. The van der Waals surface area contributed by atoms with E-state index >= 15 is 0 Å². The predicted molar refractivity (Wildman–Crippen MR) is 154 cm³/mol. The van der Waals surface area contributed by atoms with E-state index in [0.29, 0.717) is 22.0 Å². The summed E-state index contributed by atoms with van der Waals surface area (Å²) in [6.45, 7) is 20.1. The highest BCUT2D eigenvalue weighted by molar-refractivity contribution is 5.83. The predicted octanol–water partition coefficient (Wildman–Crippen LogP) is 8.74. The van der Waals surface area contributed by atoms with Crippen LogP contribution in [0, 0.1) is 16.2 Å². The van der Waals surface area contributed by atoms with Crippen molar-refractivity contribution in [3.63, 3.8) is 0 Å². The molecule has 0 atom stereocenters. The molecule has 196 valence electrons. The third-order valence-electron chi connectivity index (χ3n) is 5.34. The van der Waals surface area contributed by atoms with Gasteiger partial charge in [-0.25, -0.2) is 4.98 Å². The number of fused-ring (bicyclic) bond motifs is 1. The molecule has 3 N–H and O–H groups in total. The first-order valence-electron chi connectivity index (χ1n) is 12.9. The molecule has 0 unspecified atom stereocenters. The van der Waals surface area contributed by atoms with Crippen molar-refractivity contribution in [2.75, 3.05) is 0 Å². The van der Waals surface area contributed by atoms with Crippen LogP contribution in [0.5, 0.6) is 5.75 Å². The molecule has 4 aromatic rings. The molecule has 0 spiro atoms. The molecule has 4 nitrogen and oxygen atoms in total. The van der Waals surface area contributed by atoms with Crippen molar-refractivity contribution in [3.8, 4) is 5.75 Å². The fraction of sp³-hybridized carbons (Fsp3) is 0.469. The maximum absolute atomic E-state index is 9.05. The number of hydrogen-bond donors (Lipinski definition) is 3. The fourth-order valence-corrected chi connectivity index (χ4v) is 4.03. The highest BCUT2D eigenvalue weighted by Gasteiger charge is 2.14. The van der Waals surface area contributed by atoms with Crippen LogP contribution in [-0.2, 0) is 19.3 Å². The van der Waals surface area contributed by atoms with Gasteiger partial charge in [-0.1, -0.05) is 92.6 Å². The van der Waals surface area contributed by atoms with Gasteiger partial charge in [-0.15, -0.1) is 0 Å². The first kappa shape index (κ1) is 29.2. The molecule has 0 radical (unpaired) electrons. The quantitative estimate of drug-likeness (QED) is 0.269. The molecule has 0 aliphatic carbocycles. The molecule has 2 aromatic carbocycles. The second-order valence-corrected chi connectivity index (χ2v) is 13.3. The Balaban J connectivity index is 0.000000193. The van der Waals surface area contributed by atoms with Gasteiger partial charge in [0, 0.05) is 29.0 Å². The lowest BCUT2D eigenvalue weighted by molar-refractivity contribution is 0.407. The summed E-state index contributed by atoms with van der Waals surface area (Å²) in [5.41, 5.74) is 6.18. The molecule has 2 aromatic heterocycles. The number of H-pyrrole nitrogens is 2. The second kappa shape index (κ2) is 12.3. The van der Waals surface area contributed by atoms with Crippen LogP contribution in [0.3, 0.4) is 0 Å². The van der Waals surface area contributed by atoms with Crippen molar-refractivity contribution in [2.45, 2.75) is 81.6 Å². The van der Waals surface area contributed by atoms with E-state index in [-0.39, 0.29) is 0 Å². The summed E-state index contributed by atoms with van der Waals surface area (Å²) < 4.78 is 0. The highest BCUT2D eigenvalue weighted by Crippen LogP contribution is 2.26. The first-order chi connectivity index (χ1) is 16.6. The largest absolute Gasteiger partial charge is 0.508 e. The molecule has 0 bridgehead atoms. The standard InChI is InChI=1S/C13H17N.C11H16O.C8H14N2/c1-13(2,3)8-10-9-14-12-7-5-4-6-11(10)12;1-11(2,3)8-9-4-6-10(12)7-5-9;1-8(2,3)4-7-5-9-6-10-7/h4-7,9,14H,8H2,1-3H3;4-7,12H,8H2,1-3H3;5-6H,4H2,1-3H3,(H,9,10). The summed E-state index contributed by atoms with van der Waals surface area (Å²) in [5.74, 6) is 0.340. The van der Waals surface area contributed by atoms with Crippen LogP contribution in [0.1, 0.15) is 79.1 Å².